The molecule has 1 saturated heterocycles. The molecule has 2 fully saturated rings. The minimum atomic E-state index is -0.0900. The Labute approximate surface area is 97.2 Å². The summed E-state index contributed by atoms with van der Waals surface area (Å²) in [5.74, 6) is 2.56. The fourth-order valence-electron chi connectivity index (χ4n) is 2.66. The van der Waals surface area contributed by atoms with Crippen LogP contribution in [-0.2, 0) is 0 Å². The van der Waals surface area contributed by atoms with Crippen molar-refractivity contribution in [1.29, 1.82) is 0 Å². The van der Waals surface area contributed by atoms with E-state index in [1.54, 1.807) is 0 Å². The molecule has 3 atom stereocenters. The number of nitrogens with one attached hydrogen (secondary N) is 1. The Balaban J connectivity index is 1.80. The van der Waals surface area contributed by atoms with Crippen LogP contribution in [0, 0.1) is 5.41 Å². The quantitative estimate of drug-likeness (QED) is 0.776. The first-order valence-electron chi connectivity index (χ1n) is 6.20. The molecule has 0 radical (unpaired) electrons. The van der Waals surface area contributed by atoms with Gasteiger partial charge in [0, 0.05) is 23.8 Å². The summed E-state index contributed by atoms with van der Waals surface area (Å²) in [4.78, 5) is 0. The summed E-state index contributed by atoms with van der Waals surface area (Å²) in [6.45, 7) is 3.24. The Kier molecular flexibility index (Phi) is 3.97. The van der Waals surface area contributed by atoms with E-state index in [1.807, 2.05) is 11.8 Å². The molecule has 1 aliphatic carbocycles. The predicted octanol–water partition coefficient (Wildman–Crippen LogP) is 2.02. The number of rotatable bonds is 3. The number of aliphatic hydroxyl groups is 1. The zero-order chi connectivity index (χ0) is 10.7. The maximum absolute atomic E-state index is 10.1. The minimum Gasteiger partial charge on any atom is -0.393 e. The average Bonchev–Trinajstić information content (AvgIpc) is 2.73. The third kappa shape index (κ3) is 2.89. The lowest BCUT2D eigenvalue weighted by molar-refractivity contribution is 0.000161. The van der Waals surface area contributed by atoms with Crippen molar-refractivity contribution in [3.63, 3.8) is 0 Å². The highest BCUT2D eigenvalue weighted by atomic mass is 32.2. The molecule has 2 rings (SSSR count). The first kappa shape index (κ1) is 11.7. The Hall–Kier alpha value is 0.270. The van der Waals surface area contributed by atoms with Crippen molar-refractivity contribution in [2.24, 2.45) is 5.41 Å². The van der Waals surface area contributed by atoms with Gasteiger partial charge in [-0.1, -0.05) is 19.8 Å². The highest BCUT2D eigenvalue weighted by molar-refractivity contribution is 7.99. The lowest BCUT2D eigenvalue weighted by Crippen LogP contribution is -2.46. The van der Waals surface area contributed by atoms with Crippen LogP contribution in [0.4, 0.5) is 0 Å². The van der Waals surface area contributed by atoms with Gasteiger partial charge in [0.1, 0.15) is 0 Å². The largest absolute Gasteiger partial charge is 0.393 e. The lowest BCUT2D eigenvalue weighted by Gasteiger charge is -2.39. The third-order valence-corrected chi connectivity index (χ3v) is 5.17. The summed E-state index contributed by atoms with van der Waals surface area (Å²) in [6.07, 6.45) is 5.88. The average molecular weight is 229 g/mol. The molecule has 0 aromatic carbocycles. The molecule has 2 aliphatic rings. The molecule has 88 valence electrons. The van der Waals surface area contributed by atoms with Gasteiger partial charge in [-0.15, -0.1) is 0 Å². The second-order valence-corrected chi connectivity index (χ2v) is 6.51. The highest BCUT2D eigenvalue weighted by Gasteiger charge is 2.35. The summed E-state index contributed by atoms with van der Waals surface area (Å²) >= 11 is 2.04. The molecular formula is C12H23NOS. The van der Waals surface area contributed by atoms with Crippen LogP contribution in [0.3, 0.4) is 0 Å². The molecule has 0 aromatic rings. The fraction of sp³-hybridized carbons (Fsp3) is 1.00. The van der Waals surface area contributed by atoms with E-state index in [4.69, 9.17) is 0 Å². The summed E-state index contributed by atoms with van der Waals surface area (Å²) in [7, 11) is 0. The molecule has 1 aliphatic heterocycles. The molecule has 2 N–H and O–H groups in total. The van der Waals surface area contributed by atoms with Crippen LogP contribution in [0.25, 0.3) is 0 Å². The van der Waals surface area contributed by atoms with Crippen molar-refractivity contribution in [2.45, 2.75) is 51.2 Å². The van der Waals surface area contributed by atoms with Gasteiger partial charge in [-0.25, -0.2) is 0 Å². The van der Waals surface area contributed by atoms with E-state index in [2.05, 4.69) is 12.2 Å². The van der Waals surface area contributed by atoms with Crippen LogP contribution in [-0.4, -0.2) is 35.3 Å². The molecule has 15 heavy (non-hydrogen) atoms. The van der Waals surface area contributed by atoms with Crippen molar-refractivity contribution < 1.29 is 5.11 Å². The van der Waals surface area contributed by atoms with Crippen molar-refractivity contribution in [1.82, 2.24) is 5.32 Å². The second kappa shape index (κ2) is 5.07. The first-order chi connectivity index (χ1) is 7.21. The normalized spacial score (nSPS) is 42.0. The standard InChI is InChI=1S/C12H23NOS/c1-12(6-3-2-4-11(12)14)9-13-10-5-7-15-8-10/h10-11,13-14H,2-9H2,1H3. The zero-order valence-corrected chi connectivity index (χ0v) is 10.5. The topological polar surface area (TPSA) is 32.3 Å². The molecule has 0 bridgehead atoms. The smallest absolute Gasteiger partial charge is 0.0605 e. The summed E-state index contributed by atoms with van der Waals surface area (Å²) in [5, 5.41) is 13.7. The van der Waals surface area contributed by atoms with E-state index >= 15 is 0 Å². The molecule has 1 saturated carbocycles. The Morgan fingerprint density at radius 3 is 2.93 bits per heavy atom. The van der Waals surface area contributed by atoms with Crippen molar-refractivity contribution in [3.05, 3.63) is 0 Å². The van der Waals surface area contributed by atoms with E-state index in [-0.39, 0.29) is 11.5 Å². The van der Waals surface area contributed by atoms with Gasteiger partial charge >= 0.3 is 0 Å². The lowest BCUT2D eigenvalue weighted by atomic mass is 9.73. The first-order valence-corrected chi connectivity index (χ1v) is 7.35. The second-order valence-electron chi connectivity index (χ2n) is 5.36. The highest BCUT2D eigenvalue weighted by Crippen LogP contribution is 2.35. The van der Waals surface area contributed by atoms with Crippen LogP contribution >= 0.6 is 11.8 Å². The van der Waals surface area contributed by atoms with Crippen molar-refractivity contribution >= 4 is 11.8 Å². The molecule has 0 amide bonds. The van der Waals surface area contributed by atoms with Gasteiger partial charge in [-0.3, -0.25) is 0 Å². The molecule has 0 aromatic heterocycles. The molecule has 0 spiro atoms. The van der Waals surface area contributed by atoms with E-state index < -0.39 is 0 Å². The number of aliphatic hydroxyl groups excluding tert-OH is 1. The minimum absolute atomic E-state index is 0.0900. The Morgan fingerprint density at radius 1 is 1.40 bits per heavy atom. The van der Waals surface area contributed by atoms with Gasteiger partial charge < -0.3 is 10.4 Å². The van der Waals surface area contributed by atoms with Crippen LogP contribution in [0.5, 0.6) is 0 Å². The SMILES string of the molecule is CC1(CNC2CCSC2)CCCCC1O. The fourth-order valence-corrected chi connectivity index (χ4v) is 3.85. The number of hydrogen-bond acceptors (Lipinski definition) is 3. The summed E-state index contributed by atoms with van der Waals surface area (Å²) in [5.41, 5.74) is 0.130. The molecule has 1 heterocycles. The summed E-state index contributed by atoms with van der Waals surface area (Å²) < 4.78 is 0. The Bertz CT molecular complexity index is 206. The van der Waals surface area contributed by atoms with Gasteiger partial charge in [-0.05, 0) is 25.0 Å². The number of thioether (sulfide) groups is 1. The van der Waals surface area contributed by atoms with Crippen LogP contribution in [0.2, 0.25) is 0 Å². The molecular weight excluding hydrogens is 206 g/mol. The van der Waals surface area contributed by atoms with Gasteiger partial charge in [0.05, 0.1) is 6.10 Å². The van der Waals surface area contributed by atoms with Crippen LogP contribution in [0.15, 0.2) is 0 Å². The predicted molar refractivity (Wildman–Crippen MR) is 66.3 cm³/mol. The van der Waals surface area contributed by atoms with E-state index in [0.29, 0.717) is 6.04 Å². The van der Waals surface area contributed by atoms with Crippen molar-refractivity contribution in [2.75, 3.05) is 18.1 Å². The third-order valence-electron chi connectivity index (χ3n) is 4.00. The van der Waals surface area contributed by atoms with Crippen molar-refractivity contribution in [3.8, 4) is 0 Å². The van der Waals surface area contributed by atoms with Gasteiger partial charge in [0.15, 0.2) is 0 Å². The number of hydrogen-bond donors (Lipinski definition) is 2. The maximum atomic E-state index is 10.1. The van der Waals surface area contributed by atoms with Gasteiger partial charge in [-0.2, -0.15) is 11.8 Å². The zero-order valence-electron chi connectivity index (χ0n) is 9.67. The van der Waals surface area contributed by atoms with Crippen LogP contribution in [0.1, 0.15) is 39.0 Å². The molecule has 3 heteroatoms. The van der Waals surface area contributed by atoms with Gasteiger partial charge in [0.25, 0.3) is 0 Å². The maximum Gasteiger partial charge on any atom is 0.0605 e. The van der Waals surface area contributed by atoms with Gasteiger partial charge in [0.2, 0.25) is 0 Å². The van der Waals surface area contributed by atoms with E-state index in [9.17, 15) is 5.11 Å². The van der Waals surface area contributed by atoms with Crippen LogP contribution < -0.4 is 5.32 Å². The summed E-state index contributed by atoms with van der Waals surface area (Å²) in [6, 6.07) is 0.695. The monoisotopic (exact) mass is 229 g/mol. The van der Waals surface area contributed by atoms with E-state index in [0.717, 1.165) is 13.0 Å². The Morgan fingerprint density at radius 2 is 2.27 bits per heavy atom. The molecule has 3 unspecified atom stereocenters. The van der Waals surface area contributed by atoms with E-state index in [1.165, 1.54) is 37.2 Å². The molecule has 2 nitrogen and oxygen atoms in total.